The van der Waals surface area contributed by atoms with Gasteiger partial charge in [-0.15, -0.1) is 0 Å². The van der Waals surface area contributed by atoms with Gasteiger partial charge in [0.1, 0.15) is 24.0 Å². The number of likely N-dealkylation sites (tertiary alicyclic amines) is 1. The Balaban J connectivity index is 1.48. The van der Waals surface area contributed by atoms with Crippen molar-refractivity contribution >= 4 is 22.6 Å². The number of anilines is 1. The zero-order valence-corrected chi connectivity index (χ0v) is 19.7. The zero-order valence-electron chi connectivity index (χ0n) is 19.7. The second-order valence-corrected chi connectivity index (χ2v) is 9.74. The van der Waals surface area contributed by atoms with Gasteiger partial charge in [-0.1, -0.05) is 13.3 Å². The fourth-order valence-corrected chi connectivity index (χ4v) is 5.58. The second kappa shape index (κ2) is 9.69. The van der Waals surface area contributed by atoms with Crippen LogP contribution in [0, 0.1) is 11.7 Å². The molecule has 32 heavy (non-hydrogen) atoms. The molecule has 1 amide bonds. The van der Waals surface area contributed by atoms with E-state index in [1.54, 1.807) is 6.07 Å². The average molecular weight is 442 g/mol. The molecular formula is C25H36FN5O. The Kier molecular flexibility index (Phi) is 6.93. The molecule has 1 saturated heterocycles. The zero-order chi connectivity index (χ0) is 22.8. The van der Waals surface area contributed by atoms with E-state index in [1.807, 2.05) is 0 Å². The quantitative estimate of drug-likeness (QED) is 0.687. The summed E-state index contributed by atoms with van der Waals surface area (Å²) in [7, 11) is 2.23. The minimum atomic E-state index is -0.333. The largest absolute Gasteiger partial charge is 0.358 e. The molecule has 0 radical (unpaired) electrons. The molecule has 1 N–H and O–H groups in total. The number of carbonyl (C=O) groups excluding carboxylic acids is 1. The number of halogens is 1. The van der Waals surface area contributed by atoms with Crippen LogP contribution in [0.15, 0.2) is 24.5 Å². The Bertz CT molecular complexity index is 951. The molecule has 0 spiro atoms. The first-order chi connectivity index (χ1) is 15.4. The average Bonchev–Trinajstić information content (AvgIpc) is 3.13. The topological polar surface area (TPSA) is 61.4 Å². The van der Waals surface area contributed by atoms with Crippen molar-refractivity contribution in [3.63, 3.8) is 0 Å². The lowest BCUT2D eigenvalue weighted by Gasteiger charge is -2.44. The van der Waals surface area contributed by atoms with Crippen LogP contribution in [0.4, 0.5) is 10.2 Å². The fraction of sp³-hybridized carbons (Fsp3) is 0.640. The number of rotatable bonds is 7. The van der Waals surface area contributed by atoms with E-state index in [1.165, 1.54) is 18.5 Å². The molecular weight excluding hydrogens is 405 g/mol. The van der Waals surface area contributed by atoms with Crippen LogP contribution in [-0.2, 0) is 4.79 Å². The minimum absolute atomic E-state index is 0.148. The molecule has 1 saturated carbocycles. The number of hydrogen-bond acceptors (Lipinski definition) is 5. The molecule has 1 aromatic heterocycles. The van der Waals surface area contributed by atoms with E-state index in [9.17, 15) is 9.18 Å². The predicted molar refractivity (Wildman–Crippen MR) is 126 cm³/mol. The predicted octanol–water partition coefficient (Wildman–Crippen LogP) is 4.46. The Labute approximate surface area is 190 Å². The SMILES string of the molecule is CCC[C@@H]1C[C@H](N(C)C(C)C)CC[C@@H]1N1CC[C@H](Nc2ncnc3ccc(F)cc23)C1=O. The monoisotopic (exact) mass is 441 g/mol. The van der Waals surface area contributed by atoms with Gasteiger partial charge in [0.25, 0.3) is 0 Å². The molecule has 2 aromatic rings. The van der Waals surface area contributed by atoms with Crippen LogP contribution < -0.4 is 5.32 Å². The van der Waals surface area contributed by atoms with Crippen molar-refractivity contribution in [2.75, 3.05) is 18.9 Å². The van der Waals surface area contributed by atoms with Gasteiger partial charge in [0, 0.05) is 30.1 Å². The summed E-state index contributed by atoms with van der Waals surface area (Å²) in [5.74, 6) is 0.883. The number of benzene rings is 1. The van der Waals surface area contributed by atoms with E-state index in [0.29, 0.717) is 40.8 Å². The van der Waals surface area contributed by atoms with Gasteiger partial charge in [-0.25, -0.2) is 14.4 Å². The van der Waals surface area contributed by atoms with Crippen molar-refractivity contribution < 1.29 is 9.18 Å². The highest BCUT2D eigenvalue weighted by Crippen LogP contribution is 2.36. The van der Waals surface area contributed by atoms with E-state index in [4.69, 9.17) is 0 Å². The maximum absolute atomic E-state index is 13.8. The number of aromatic nitrogens is 2. The van der Waals surface area contributed by atoms with Crippen molar-refractivity contribution in [2.24, 2.45) is 5.92 Å². The molecule has 2 fully saturated rings. The molecule has 2 aliphatic rings. The van der Waals surface area contributed by atoms with Crippen LogP contribution in [0.5, 0.6) is 0 Å². The van der Waals surface area contributed by atoms with Crippen molar-refractivity contribution in [3.05, 3.63) is 30.3 Å². The van der Waals surface area contributed by atoms with Crippen molar-refractivity contribution in [1.29, 1.82) is 0 Å². The van der Waals surface area contributed by atoms with Crippen LogP contribution in [0.25, 0.3) is 10.9 Å². The third-order valence-electron chi connectivity index (χ3n) is 7.51. The van der Waals surface area contributed by atoms with Gasteiger partial charge in [-0.3, -0.25) is 4.79 Å². The highest BCUT2D eigenvalue weighted by atomic mass is 19.1. The van der Waals surface area contributed by atoms with Gasteiger partial charge >= 0.3 is 0 Å². The van der Waals surface area contributed by atoms with E-state index in [0.717, 1.165) is 45.1 Å². The first-order valence-corrected chi connectivity index (χ1v) is 12.1. The van der Waals surface area contributed by atoms with Crippen molar-refractivity contribution in [1.82, 2.24) is 19.8 Å². The summed E-state index contributed by atoms with van der Waals surface area (Å²) < 4.78 is 13.8. The standard InChI is InChI=1S/C25H36FN5O/c1-5-6-17-13-19(30(4)16(2)3)8-10-23(17)31-12-11-22(25(31)32)29-24-20-14-18(26)7-9-21(20)27-15-28-24/h7,9,14-17,19,22-23H,5-6,8,10-13H2,1-4H3,(H,27,28,29)/t17-,19-,22+,23+/m1/s1. The number of nitrogens with one attached hydrogen (secondary N) is 1. The number of nitrogens with zero attached hydrogens (tertiary/aromatic N) is 4. The van der Waals surface area contributed by atoms with Crippen LogP contribution in [0.1, 0.15) is 59.3 Å². The Morgan fingerprint density at radius 3 is 2.81 bits per heavy atom. The fourth-order valence-electron chi connectivity index (χ4n) is 5.58. The van der Waals surface area contributed by atoms with Gasteiger partial charge < -0.3 is 15.1 Å². The summed E-state index contributed by atoms with van der Waals surface area (Å²) in [6, 6.07) is 5.58. The van der Waals surface area contributed by atoms with E-state index >= 15 is 0 Å². The minimum Gasteiger partial charge on any atom is -0.358 e. The van der Waals surface area contributed by atoms with Gasteiger partial charge in [0.15, 0.2) is 0 Å². The van der Waals surface area contributed by atoms with Gasteiger partial charge in [-0.05, 0) is 77.1 Å². The normalized spacial score (nSPS) is 26.5. The number of amides is 1. The van der Waals surface area contributed by atoms with Crippen molar-refractivity contribution in [3.8, 4) is 0 Å². The maximum atomic E-state index is 13.8. The third kappa shape index (κ3) is 4.58. The molecule has 6 nitrogen and oxygen atoms in total. The number of fused-ring (bicyclic) bond motifs is 1. The molecule has 7 heteroatoms. The smallest absolute Gasteiger partial charge is 0.245 e. The lowest BCUT2D eigenvalue weighted by molar-refractivity contribution is -0.132. The summed E-state index contributed by atoms with van der Waals surface area (Å²) >= 11 is 0. The first kappa shape index (κ1) is 22.9. The second-order valence-electron chi connectivity index (χ2n) is 9.74. The summed E-state index contributed by atoms with van der Waals surface area (Å²) in [5, 5.41) is 3.91. The summed E-state index contributed by atoms with van der Waals surface area (Å²) in [4.78, 5) is 26.6. The van der Waals surface area contributed by atoms with Crippen LogP contribution >= 0.6 is 0 Å². The molecule has 2 heterocycles. The first-order valence-electron chi connectivity index (χ1n) is 12.1. The van der Waals surface area contributed by atoms with E-state index in [-0.39, 0.29) is 17.8 Å². The maximum Gasteiger partial charge on any atom is 0.245 e. The number of hydrogen-bond donors (Lipinski definition) is 1. The lowest BCUT2D eigenvalue weighted by Crippen LogP contribution is -2.51. The molecule has 4 rings (SSSR count). The molecule has 0 unspecified atom stereocenters. The lowest BCUT2D eigenvalue weighted by atomic mass is 9.77. The third-order valence-corrected chi connectivity index (χ3v) is 7.51. The summed E-state index contributed by atoms with van der Waals surface area (Å²) in [5.41, 5.74) is 0.668. The highest BCUT2D eigenvalue weighted by Gasteiger charge is 2.42. The van der Waals surface area contributed by atoms with Crippen LogP contribution in [0.3, 0.4) is 0 Å². The molecule has 0 bridgehead atoms. The molecule has 1 aromatic carbocycles. The Morgan fingerprint density at radius 2 is 2.06 bits per heavy atom. The number of carbonyl (C=O) groups is 1. The molecule has 4 atom stereocenters. The van der Waals surface area contributed by atoms with E-state index < -0.39 is 0 Å². The summed E-state index contributed by atoms with van der Waals surface area (Å²) in [6.45, 7) is 7.51. The summed E-state index contributed by atoms with van der Waals surface area (Å²) in [6.07, 6.45) is 7.86. The molecule has 1 aliphatic heterocycles. The van der Waals surface area contributed by atoms with Crippen LogP contribution in [-0.4, -0.2) is 63.4 Å². The molecule has 174 valence electrons. The van der Waals surface area contributed by atoms with Crippen LogP contribution in [0.2, 0.25) is 0 Å². The van der Waals surface area contributed by atoms with Crippen molar-refractivity contribution in [2.45, 2.75) is 83.5 Å². The Hall–Kier alpha value is -2.28. The van der Waals surface area contributed by atoms with Gasteiger partial charge in [-0.2, -0.15) is 0 Å². The molecule has 1 aliphatic carbocycles. The Morgan fingerprint density at radius 1 is 1.25 bits per heavy atom. The van der Waals surface area contributed by atoms with Gasteiger partial charge in [0.2, 0.25) is 5.91 Å². The van der Waals surface area contributed by atoms with E-state index in [2.05, 4.69) is 52.9 Å². The highest BCUT2D eigenvalue weighted by molar-refractivity contribution is 5.93. The van der Waals surface area contributed by atoms with Gasteiger partial charge in [0.05, 0.1) is 5.52 Å².